The number of rotatable bonds is 5. The van der Waals surface area contributed by atoms with Gasteiger partial charge in [0, 0.05) is 28.8 Å². The first-order chi connectivity index (χ1) is 25.3. The predicted molar refractivity (Wildman–Crippen MR) is 214 cm³/mol. The molecule has 0 unspecified atom stereocenters. The summed E-state index contributed by atoms with van der Waals surface area (Å²) >= 11 is 0. The largest absolute Gasteiger partial charge is 0.453 e. The number of ether oxygens (including phenoxy) is 1. The molecule has 0 aromatic heterocycles. The summed E-state index contributed by atoms with van der Waals surface area (Å²) in [6, 6.07) is 69.0. The highest BCUT2D eigenvalue weighted by Crippen LogP contribution is 2.53. The van der Waals surface area contributed by atoms with Gasteiger partial charge in [-0.1, -0.05) is 121 Å². The van der Waals surface area contributed by atoms with Crippen molar-refractivity contribution < 1.29 is 4.74 Å². The Hall–Kier alpha value is -6.84. The van der Waals surface area contributed by atoms with E-state index in [1.807, 2.05) is 6.07 Å². The van der Waals surface area contributed by atoms with E-state index in [1.54, 1.807) is 0 Å². The summed E-state index contributed by atoms with van der Waals surface area (Å²) in [5.74, 6) is 1.63. The molecule has 1 heterocycles. The Morgan fingerprint density at radius 1 is 0.333 bits per heavy atom. The quantitative estimate of drug-likeness (QED) is 0.172. The van der Waals surface area contributed by atoms with Crippen molar-refractivity contribution in [1.29, 1.82) is 0 Å². The first-order valence-electron chi connectivity index (χ1n) is 17.4. The monoisotopic (exact) mass is 652 g/mol. The van der Waals surface area contributed by atoms with Crippen LogP contribution in [0.2, 0.25) is 0 Å². The third-order valence-corrected chi connectivity index (χ3v) is 9.98. The van der Waals surface area contributed by atoms with Crippen LogP contribution in [0.4, 0.5) is 34.1 Å². The van der Waals surface area contributed by atoms with Gasteiger partial charge in [0.2, 0.25) is 0 Å². The number of para-hydroxylation sites is 4. The molecule has 1 aliphatic rings. The molecule has 9 aromatic carbocycles. The lowest BCUT2D eigenvalue weighted by atomic mass is 9.91. The highest BCUT2D eigenvalue weighted by atomic mass is 16.5. The molecule has 10 rings (SSSR count). The van der Waals surface area contributed by atoms with Crippen molar-refractivity contribution in [2.45, 2.75) is 0 Å². The van der Waals surface area contributed by atoms with Gasteiger partial charge in [0.1, 0.15) is 0 Å². The molecule has 51 heavy (non-hydrogen) atoms. The van der Waals surface area contributed by atoms with Gasteiger partial charge >= 0.3 is 0 Å². The molecule has 9 aromatic rings. The second-order valence-electron chi connectivity index (χ2n) is 13.0. The minimum absolute atomic E-state index is 0.805. The van der Waals surface area contributed by atoms with Gasteiger partial charge in [0.05, 0.1) is 11.4 Å². The lowest BCUT2D eigenvalue weighted by Gasteiger charge is -2.34. The van der Waals surface area contributed by atoms with Crippen LogP contribution in [-0.2, 0) is 0 Å². The fourth-order valence-corrected chi connectivity index (χ4v) is 7.66. The lowest BCUT2D eigenvalue weighted by molar-refractivity contribution is 0.477. The van der Waals surface area contributed by atoms with Gasteiger partial charge in [-0.3, -0.25) is 0 Å². The summed E-state index contributed by atoms with van der Waals surface area (Å²) in [5.41, 5.74) is 8.72. The van der Waals surface area contributed by atoms with Gasteiger partial charge in [-0.25, -0.2) is 0 Å². The minimum Gasteiger partial charge on any atom is -0.453 e. The zero-order chi connectivity index (χ0) is 33.7. The van der Waals surface area contributed by atoms with Crippen LogP contribution in [-0.4, -0.2) is 0 Å². The van der Waals surface area contributed by atoms with Crippen LogP contribution in [0.25, 0.3) is 43.4 Å². The molecule has 0 fully saturated rings. The molecule has 3 heteroatoms. The molecule has 0 saturated carbocycles. The molecule has 240 valence electrons. The van der Waals surface area contributed by atoms with Crippen LogP contribution in [0.15, 0.2) is 194 Å². The van der Waals surface area contributed by atoms with E-state index in [0.29, 0.717) is 0 Å². The predicted octanol–water partition coefficient (Wildman–Crippen LogP) is 13.9. The summed E-state index contributed by atoms with van der Waals surface area (Å²) in [4.78, 5) is 4.61. The number of hydrogen-bond donors (Lipinski definition) is 0. The van der Waals surface area contributed by atoms with E-state index in [4.69, 9.17) is 4.74 Å². The average Bonchev–Trinajstić information content (AvgIpc) is 3.21. The van der Waals surface area contributed by atoms with Crippen molar-refractivity contribution in [3.05, 3.63) is 194 Å². The third-order valence-electron chi connectivity index (χ3n) is 9.98. The molecule has 0 radical (unpaired) electrons. The zero-order valence-electron chi connectivity index (χ0n) is 27.8. The van der Waals surface area contributed by atoms with Gasteiger partial charge in [0.25, 0.3) is 0 Å². The number of nitrogens with zero attached hydrogens (tertiary/aromatic N) is 2. The molecule has 0 bridgehead atoms. The van der Waals surface area contributed by atoms with Crippen molar-refractivity contribution in [1.82, 2.24) is 0 Å². The molecular formula is C48H32N2O. The van der Waals surface area contributed by atoms with E-state index in [1.165, 1.54) is 43.4 Å². The standard InChI is InChI=1S/C48H32N2O/c1-4-14-33(15-5-1)34-24-27-42-43(30-34)40-21-11-10-20-39(40)41-28-25-37(31-44(41)42)50-45-22-12-13-23-47(45)51-48-32-38(26-29-46(48)50)49(35-16-6-2-7-17-35)36-18-8-3-9-19-36/h1-32H. The van der Waals surface area contributed by atoms with Gasteiger partial charge in [-0.15, -0.1) is 0 Å². The Morgan fingerprint density at radius 3 is 1.63 bits per heavy atom. The number of fused-ring (bicyclic) bond motifs is 8. The first-order valence-corrected chi connectivity index (χ1v) is 17.4. The zero-order valence-corrected chi connectivity index (χ0v) is 27.8. The second-order valence-corrected chi connectivity index (χ2v) is 13.0. The summed E-state index contributed by atoms with van der Waals surface area (Å²) in [5, 5.41) is 7.48. The molecule has 0 N–H and O–H groups in total. The lowest BCUT2D eigenvalue weighted by Crippen LogP contribution is -2.17. The topological polar surface area (TPSA) is 15.7 Å². The molecule has 0 spiro atoms. The average molecular weight is 653 g/mol. The van der Waals surface area contributed by atoms with Gasteiger partial charge < -0.3 is 14.5 Å². The van der Waals surface area contributed by atoms with Gasteiger partial charge in [-0.05, 0) is 110 Å². The second kappa shape index (κ2) is 11.9. The Labute approximate surface area is 296 Å². The van der Waals surface area contributed by atoms with Crippen molar-refractivity contribution >= 4 is 66.4 Å². The highest BCUT2D eigenvalue weighted by molar-refractivity contribution is 6.26. The van der Waals surface area contributed by atoms with Crippen molar-refractivity contribution in [3.63, 3.8) is 0 Å². The van der Waals surface area contributed by atoms with Crippen molar-refractivity contribution in [2.75, 3.05) is 9.80 Å². The molecule has 1 aliphatic heterocycles. The molecule has 0 aliphatic carbocycles. The Bertz CT molecular complexity index is 2690. The molecule has 0 amide bonds. The van der Waals surface area contributed by atoms with Crippen LogP contribution < -0.4 is 14.5 Å². The van der Waals surface area contributed by atoms with Crippen molar-refractivity contribution in [2.24, 2.45) is 0 Å². The maximum absolute atomic E-state index is 6.69. The minimum atomic E-state index is 0.805. The summed E-state index contributed by atoms with van der Waals surface area (Å²) in [6.07, 6.45) is 0. The highest BCUT2D eigenvalue weighted by Gasteiger charge is 2.27. The first kappa shape index (κ1) is 29.1. The normalized spacial score (nSPS) is 12.0. The maximum atomic E-state index is 6.69. The summed E-state index contributed by atoms with van der Waals surface area (Å²) in [7, 11) is 0. The van der Waals surface area contributed by atoms with E-state index in [-0.39, 0.29) is 0 Å². The Kier molecular flexibility index (Phi) is 6.81. The SMILES string of the molecule is c1ccc(-c2ccc3c(c2)c2ccccc2c2ccc(N4c5ccccc5Oc5cc(N(c6ccccc6)c6ccccc6)ccc54)cc23)cc1. The van der Waals surface area contributed by atoms with Crippen LogP contribution in [0.5, 0.6) is 11.5 Å². The number of anilines is 6. The van der Waals surface area contributed by atoms with E-state index >= 15 is 0 Å². The van der Waals surface area contributed by atoms with E-state index < -0.39 is 0 Å². The van der Waals surface area contributed by atoms with Crippen molar-refractivity contribution in [3.8, 4) is 22.6 Å². The fraction of sp³-hybridized carbons (Fsp3) is 0. The smallest absolute Gasteiger partial charge is 0.153 e. The molecular weight excluding hydrogens is 621 g/mol. The van der Waals surface area contributed by atoms with Crippen LogP contribution in [0, 0.1) is 0 Å². The Morgan fingerprint density at radius 2 is 0.882 bits per heavy atom. The molecule has 0 atom stereocenters. The third kappa shape index (κ3) is 4.90. The van der Waals surface area contributed by atoms with Gasteiger partial charge in [0.15, 0.2) is 11.5 Å². The number of hydrogen-bond acceptors (Lipinski definition) is 3. The van der Waals surface area contributed by atoms with E-state index in [2.05, 4.69) is 198 Å². The van der Waals surface area contributed by atoms with Gasteiger partial charge in [-0.2, -0.15) is 0 Å². The summed E-state index contributed by atoms with van der Waals surface area (Å²) in [6.45, 7) is 0. The van der Waals surface area contributed by atoms with E-state index in [9.17, 15) is 0 Å². The van der Waals surface area contributed by atoms with Crippen LogP contribution in [0.1, 0.15) is 0 Å². The van der Waals surface area contributed by atoms with E-state index in [0.717, 1.165) is 45.6 Å². The molecule has 0 saturated heterocycles. The molecule has 3 nitrogen and oxygen atoms in total. The van der Waals surface area contributed by atoms with Crippen LogP contribution in [0.3, 0.4) is 0 Å². The Balaban J connectivity index is 1.16. The fourth-order valence-electron chi connectivity index (χ4n) is 7.66. The summed E-state index contributed by atoms with van der Waals surface area (Å²) < 4.78 is 6.69. The number of benzene rings is 9. The maximum Gasteiger partial charge on any atom is 0.153 e. The van der Waals surface area contributed by atoms with Crippen LogP contribution >= 0.6 is 0 Å².